The number of carbonyl (C=O) groups is 2. The Morgan fingerprint density at radius 1 is 1.38 bits per heavy atom. The molecule has 0 spiro atoms. The van der Waals surface area contributed by atoms with Gasteiger partial charge in [-0.1, -0.05) is 18.5 Å². The van der Waals surface area contributed by atoms with E-state index in [-0.39, 0.29) is 22.4 Å². The number of benzene rings is 1. The number of anilines is 1. The van der Waals surface area contributed by atoms with E-state index in [4.69, 9.17) is 16.3 Å². The number of hydrogen-bond acceptors (Lipinski definition) is 6. The fourth-order valence-corrected chi connectivity index (χ4v) is 4.90. The minimum absolute atomic E-state index is 0.0243. The number of fused-ring (bicyclic) bond motifs is 1. The van der Waals surface area contributed by atoms with Crippen LogP contribution in [0.2, 0.25) is 5.02 Å². The van der Waals surface area contributed by atoms with Gasteiger partial charge in [0.05, 0.1) is 27.2 Å². The summed E-state index contributed by atoms with van der Waals surface area (Å²) in [5.74, 6) is -0.596. The predicted molar refractivity (Wildman–Crippen MR) is 112 cm³/mol. The highest BCUT2D eigenvalue weighted by Gasteiger charge is 2.30. The molecule has 0 radical (unpaired) electrons. The van der Waals surface area contributed by atoms with Crippen molar-refractivity contribution in [1.82, 2.24) is 0 Å². The molecule has 29 heavy (non-hydrogen) atoms. The molecule has 0 fully saturated rings. The number of thiophene rings is 1. The Morgan fingerprint density at radius 2 is 2.10 bits per heavy atom. The quantitative estimate of drug-likeness (QED) is 0.392. The summed E-state index contributed by atoms with van der Waals surface area (Å²) in [6.07, 6.45) is 2.23. The number of rotatable bonds is 5. The van der Waals surface area contributed by atoms with Crippen molar-refractivity contribution in [2.24, 2.45) is 5.92 Å². The summed E-state index contributed by atoms with van der Waals surface area (Å²) in [5.41, 5.74) is 1.03. The van der Waals surface area contributed by atoms with Crippen molar-refractivity contribution in [3.63, 3.8) is 0 Å². The number of nitro benzene ring substituents is 1. The first-order chi connectivity index (χ1) is 13.7. The van der Waals surface area contributed by atoms with Gasteiger partial charge in [0.2, 0.25) is 0 Å². The van der Waals surface area contributed by atoms with Crippen molar-refractivity contribution in [3.8, 4) is 0 Å². The summed E-state index contributed by atoms with van der Waals surface area (Å²) in [6.45, 7) is 5.68. The van der Waals surface area contributed by atoms with E-state index in [0.29, 0.717) is 16.5 Å². The Balaban J connectivity index is 1.98. The van der Waals surface area contributed by atoms with Gasteiger partial charge in [-0.3, -0.25) is 14.9 Å². The lowest BCUT2D eigenvalue weighted by atomic mass is 9.88. The van der Waals surface area contributed by atoms with Crippen LogP contribution >= 0.6 is 22.9 Å². The number of nitrogens with one attached hydrogen (secondary N) is 1. The molecule has 1 aliphatic carbocycles. The number of carbonyl (C=O) groups excluding carboxylic acids is 2. The van der Waals surface area contributed by atoms with E-state index < -0.39 is 16.8 Å². The van der Waals surface area contributed by atoms with Gasteiger partial charge in [-0.2, -0.15) is 0 Å². The maximum Gasteiger partial charge on any atom is 0.341 e. The molecule has 0 saturated heterocycles. The Labute approximate surface area is 177 Å². The van der Waals surface area contributed by atoms with Crippen LogP contribution in [0.4, 0.5) is 10.7 Å². The van der Waals surface area contributed by atoms with Crippen molar-refractivity contribution in [3.05, 3.63) is 54.9 Å². The standard InChI is InChI=1S/C20H21ClN2O5S/c1-10(2)28-20(25)17-13-6-4-11(3)8-16(13)29-19(17)22-18(24)14-9-12(23(26)27)5-7-15(14)21/h5,7,9-11H,4,6,8H2,1-3H3,(H,22,24)/t11-/m1/s1. The zero-order valence-corrected chi connectivity index (χ0v) is 17.9. The van der Waals surface area contributed by atoms with Crippen LogP contribution in [-0.4, -0.2) is 22.9 Å². The molecule has 1 N–H and O–H groups in total. The molecule has 154 valence electrons. The van der Waals surface area contributed by atoms with Gasteiger partial charge in [-0.15, -0.1) is 11.3 Å². The zero-order valence-electron chi connectivity index (χ0n) is 16.3. The molecule has 1 heterocycles. The highest BCUT2D eigenvalue weighted by molar-refractivity contribution is 7.17. The van der Waals surface area contributed by atoms with Crippen LogP contribution in [0.25, 0.3) is 0 Å². The van der Waals surface area contributed by atoms with Crippen molar-refractivity contribution >= 4 is 45.5 Å². The largest absolute Gasteiger partial charge is 0.459 e. The lowest BCUT2D eigenvalue weighted by Crippen LogP contribution is -2.19. The van der Waals surface area contributed by atoms with E-state index in [1.807, 2.05) is 0 Å². The molecule has 1 aromatic heterocycles. The summed E-state index contributed by atoms with van der Waals surface area (Å²) in [5, 5.41) is 14.2. The smallest absolute Gasteiger partial charge is 0.341 e. The van der Waals surface area contributed by atoms with E-state index in [0.717, 1.165) is 35.8 Å². The summed E-state index contributed by atoms with van der Waals surface area (Å²) >= 11 is 7.43. The third-order valence-electron chi connectivity index (χ3n) is 4.69. The van der Waals surface area contributed by atoms with E-state index in [1.165, 1.54) is 23.5 Å². The topological polar surface area (TPSA) is 98.5 Å². The lowest BCUT2D eigenvalue weighted by Gasteiger charge is -2.18. The fraction of sp³-hybridized carbons (Fsp3) is 0.400. The molecule has 1 aromatic carbocycles. The second-order valence-corrected chi connectivity index (χ2v) is 8.90. The molecule has 0 bridgehead atoms. The molecule has 2 aromatic rings. The number of amides is 1. The molecule has 7 nitrogen and oxygen atoms in total. The van der Waals surface area contributed by atoms with Crippen LogP contribution in [0, 0.1) is 16.0 Å². The Hall–Kier alpha value is -2.45. The van der Waals surface area contributed by atoms with Gasteiger partial charge >= 0.3 is 5.97 Å². The summed E-state index contributed by atoms with van der Waals surface area (Å²) in [4.78, 5) is 37.0. The van der Waals surface area contributed by atoms with E-state index in [1.54, 1.807) is 13.8 Å². The monoisotopic (exact) mass is 436 g/mol. The van der Waals surface area contributed by atoms with Gasteiger partial charge in [0.1, 0.15) is 5.00 Å². The van der Waals surface area contributed by atoms with Crippen molar-refractivity contribution < 1.29 is 19.2 Å². The summed E-state index contributed by atoms with van der Waals surface area (Å²) < 4.78 is 5.39. The molecule has 0 aliphatic heterocycles. The second kappa shape index (κ2) is 8.51. The van der Waals surface area contributed by atoms with E-state index in [9.17, 15) is 19.7 Å². The van der Waals surface area contributed by atoms with E-state index in [2.05, 4.69) is 12.2 Å². The van der Waals surface area contributed by atoms with Crippen LogP contribution in [0.1, 0.15) is 58.3 Å². The molecular weight excluding hydrogens is 416 g/mol. The van der Waals surface area contributed by atoms with Gasteiger partial charge < -0.3 is 10.1 Å². The first-order valence-electron chi connectivity index (χ1n) is 9.28. The van der Waals surface area contributed by atoms with E-state index >= 15 is 0 Å². The maximum atomic E-state index is 12.8. The SMILES string of the molecule is CC(C)OC(=O)c1c(NC(=O)c2cc([N+](=O)[O-])ccc2Cl)sc2c1CC[C@@H](C)C2. The highest BCUT2D eigenvalue weighted by atomic mass is 35.5. The lowest BCUT2D eigenvalue weighted by molar-refractivity contribution is -0.384. The summed E-state index contributed by atoms with van der Waals surface area (Å²) in [6, 6.07) is 3.67. The minimum Gasteiger partial charge on any atom is -0.459 e. The first kappa shape index (κ1) is 21.3. The normalized spacial score (nSPS) is 15.7. The number of ether oxygens (including phenoxy) is 1. The molecule has 1 atom stereocenters. The minimum atomic E-state index is -0.607. The second-order valence-electron chi connectivity index (χ2n) is 7.39. The van der Waals surface area contributed by atoms with Gasteiger partial charge in [0, 0.05) is 17.0 Å². The molecular formula is C20H21ClN2O5S. The van der Waals surface area contributed by atoms with Crippen molar-refractivity contribution in [1.29, 1.82) is 0 Å². The third-order valence-corrected chi connectivity index (χ3v) is 6.19. The van der Waals surface area contributed by atoms with Crippen LogP contribution in [0.3, 0.4) is 0 Å². The van der Waals surface area contributed by atoms with Crippen molar-refractivity contribution in [2.75, 3.05) is 5.32 Å². The van der Waals surface area contributed by atoms with Crippen LogP contribution in [-0.2, 0) is 17.6 Å². The van der Waals surface area contributed by atoms with Gasteiger partial charge in [0.15, 0.2) is 0 Å². The molecule has 1 aliphatic rings. The van der Waals surface area contributed by atoms with Crippen LogP contribution in [0.15, 0.2) is 18.2 Å². The Bertz CT molecular complexity index is 985. The van der Waals surface area contributed by atoms with Crippen LogP contribution < -0.4 is 5.32 Å². The number of nitrogens with zero attached hydrogens (tertiary/aromatic N) is 1. The number of hydrogen-bond donors (Lipinski definition) is 1. The maximum absolute atomic E-state index is 12.8. The number of halogens is 1. The highest BCUT2D eigenvalue weighted by Crippen LogP contribution is 2.40. The van der Waals surface area contributed by atoms with Gasteiger partial charge in [0.25, 0.3) is 11.6 Å². The molecule has 1 amide bonds. The molecule has 9 heteroatoms. The first-order valence-corrected chi connectivity index (χ1v) is 10.5. The number of nitro groups is 1. The average Bonchev–Trinajstić information content (AvgIpc) is 2.97. The fourth-order valence-electron chi connectivity index (χ4n) is 3.30. The zero-order chi connectivity index (χ0) is 21.3. The number of esters is 1. The van der Waals surface area contributed by atoms with Gasteiger partial charge in [-0.05, 0) is 50.7 Å². The van der Waals surface area contributed by atoms with Crippen LogP contribution in [0.5, 0.6) is 0 Å². The molecule has 0 unspecified atom stereocenters. The Morgan fingerprint density at radius 3 is 2.76 bits per heavy atom. The Kier molecular flexibility index (Phi) is 6.24. The average molecular weight is 437 g/mol. The summed E-state index contributed by atoms with van der Waals surface area (Å²) in [7, 11) is 0. The number of non-ortho nitro benzene ring substituents is 1. The van der Waals surface area contributed by atoms with Crippen molar-refractivity contribution in [2.45, 2.75) is 46.1 Å². The third kappa shape index (κ3) is 4.59. The van der Waals surface area contributed by atoms with Gasteiger partial charge in [-0.25, -0.2) is 4.79 Å². The molecule has 0 saturated carbocycles. The molecule has 3 rings (SSSR count). The predicted octanol–water partition coefficient (Wildman–Crippen LogP) is 5.25.